The summed E-state index contributed by atoms with van der Waals surface area (Å²) in [6.07, 6.45) is 0.930. The normalized spacial score (nSPS) is 18.6. The lowest BCUT2D eigenvalue weighted by atomic mass is 10.1. The Morgan fingerprint density at radius 2 is 2.33 bits per heavy atom. The minimum absolute atomic E-state index is 0.0324. The van der Waals surface area contributed by atoms with E-state index in [0.717, 1.165) is 17.9 Å². The summed E-state index contributed by atoms with van der Waals surface area (Å²) < 4.78 is 0. The van der Waals surface area contributed by atoms with E-state index < -0.39 is 0 Å². The quantitative estimate of drug-likeness (QED) is 0.843. The van der Waals surface area contributed by atoms with Crippen LogP contribution in [0.1, 0.15) is 12.0 Å². The maximum Gasteiger partial charge on any atom is 0.228 e. The summed E-state index contributed by atoms with van der Waals surface area (Å²) in [5.41, 5.74) is 6.82. The number of anilines is 1. The summed E-state index contributed by atoms with van der Waals surface area (Å²) in [7, 11) is 0. The average molecular weight is 301 g/mol. The van der Waals surface area contributed by atoms with E-state index in [9.17, 15) is 4.79 Å². The van der Waals surface area contributed by atoms with Crippen LogP contribution in [0.4, 0.5) is 5.69 Å². The molecule has 1 heterocycles. The van der Waals surface area contributed by atoms with Gasteiger partial charge in [0.05, 0.1) is 10.7 Å². The Balaban J connectivity index is 2.09. The molecule has 3 N–H and O–H groups in total. The Morgan fingerprint density at radius 3 is 2.89 bits per heavy atom. The molecule has 0 aliphatic carbocycles. The molecule has 1 atom stereocenters. The lowest BCUT2D eigenvalue weighted by molar-refractivity contribution is -0.119. The van der Waals surface area contributed by atoms with Crippen LogP contribution in [-0.2, 0) is 4.79 Å². The first kappa shape index (κ1) is 13.6. The van der Waals surface area contributed by atoms with Gasteiger partial charge in [-0.05, 0) is 30.4 Å². The third kappa shape index (κ3) is 3.16. The number of thiocarbonyl (C=S) groups is 1. The average Bonchev–Trinajstić information content (AvgIpc) is 2.85. The van der Waals surface area contributed by atoms with Crippen LogP contribution in [0, 0.1) is 5.92 Å². The fourth-order valence-corrected chi connectivity index (χ4v) is 3.32. The molecule has 0 bridgehead atoms. The molecule has 3 nitrogen and oxygen atoms in total. The second kappa shape index (κ2) is 5.91. The first-order valence-corrected chi connectivity index (χ1v) is 7.50. The first-order valence-electron chi connectivity index (χ1n) is 5.56. The molecule has 2 rings (SSSR count). The zero-order valence-electron chi connectivity index (χ0n) is 9.61. The van der Waals surface area contributed by atoms with Crippen molar-refractivity contribution >= 4 is 52.2 Å². The number of benzene rings is 1. The van der Waals surface area contributed by atoms with E-state index in [-0.39, 0.29) is 11.8 Å². The van der Waals surface area contributed by atoms with Crippen molar-refractivity contribution in [1.82, 2.24) is 0 Å². The second-order valence-electron chi connectivity index (χ2n) is 4.11. The SMILES string of the molecule is NC(=S)c1ccc(NC(=O)C2CCSC2)c(Cl)c1. The number of carbonyl (C=O) groups is 1. The van der Waals surface area contributed by atoms with E-state index in [1.54, 1.807) is 30.0 Å². The van der Waals surface area contributed by atoms with E-state index in [0.29, 0.717) is 21.3 Å². The number of thioether (sulfide) groups is 1. The number of hydrogen-bond donors (Lipinski definition) is 2. The molecular weight excluding hydrogens is 288 g/mol. The standard InChI is InChI=1S/C12H13ClN2OS2/c13-9-5-7(11(14)17)1-2-10(9)15-12(16)8-3-4-18-6-8/h1-2,5,8H,3-4,6H2,(H2,14,17)(H,15,16). The van der Waals surface area contributed by atoms with Gasteiger partial charge < -0.3 is 11.1 Å². The third-order valence-corrected chi connectivity index (χ3v) is 4.52. The number of amides is 1. The Hall–Kier alpha value is -0.780. The van der Waals surface area contributed by atoms with Gasteiger partial charge in [-0.2, -0.15) is 11.8 Å². The van der Waals surface area contributed by atoms with Crippen molar-refractivity contribution in [2.75, 3.05) is 16.8 Å². The zero-order chi connectivity index (χ0) is 13.1. The molecule has 0 spiro atoms. The van der Waals surface area contributed by atoms with E-state index >= 15 is 0 Å². The van der Waals surface area contributed by atoms with Crippen molar-refractivity contribution in [3.05, 3.63) is 28.8 Å². The Bertz CT molecular complexity index is 487. The highest BCUT2D eigenvalue weighted by Gasteiger charge is 2.23. The molecule has 0 radical (unpaired) electrons. The zero-order valence-corrected chi connectivity index (χ0v) is 12.0. The molecule has 1 amide bonds. The van der Waals surface area contributed by atoms with Crippen molar-refractivity contribution < 1.29 is 4.79 Å². The number of nitrogens with two attached hydrogens (primary N) is 1. The van der Waals surface area contributed by atoms with Crippen LogP contribution < -0.4 is 11.1 Å². The maximum absolute atomic E-state index is 12.0. The van der Waals surface area contributed by atoms with Gasteiger partial charge in [-0.3, -0.25) is 4.79 Å². The first-order chi connectivity index (χ1) is 8.58. The van der Waals surface area contributed by atoms with Gasteiger partial charge in [-0.1, -0.05) is 23.8 Å². The molecule has 1 aliphatic heterocycles. The number of hydrogen-bond acceptors (Lipinski definition) is 3. The fraction of sp³-hybridized carbons (Fsp3) is 0.333. The highest BCUT2D eigenvalue weighted by atomic mass is 35.5. The van der Waals surface area contributed by atoms with E-state index in [4.69, 9.17) is 29.6 Å². The number of rotatable bonds is 3. The van der Waals surface area contributed by atoms with Gasteiger partial charge in [-0.25, -0.2) is 0 Å². The second-order valence-corrected chi connectivity index (χ2v) is 6.11. The smallest absolute Gasteiger partial charge is 0.228 e. The van der Waals surface area contributed by atoms with Gasteiger partial charge >= 0.3 is 0 Å². The summed E-state index contributed by atoms with van der Waals surface area (Å²) in [5.74, 6) is 2.05. The van der Waals surface area contributed by atoms with Gasteiger partial charge in [-0.15, -0.1) is 0 Å². The van der Waals surface area contributed by atoms with Crippen LogP contribution in [0.5, 0.6) is 0 Å². The lowest BCUT2D eigenvalue weighted by Crippen LogP contribution is -2.22. The maximum atomic E-state index is 12.0. The van der Waals surface area contributed by atoms with Gasteiger partial charge in [0.15, 0.2) is 0 Å². The van der Waals surface area contributed by atoms with Gasteiger partial charge in [0.25, 0.3) is 0 Å². The van der Waals surface area contributed by atoms with Crippen molar-refractivity contribution in [2.24, 2.45) is 11.7 Å². The minimum atomic E-state index is 0.0324. The summed E-state index contributed by atoms with van der Waals surface area (Å²) in [6.45, 7) is 0. The molecule has 96 valence electrons. The summed E-state index contributed by atoms with van der Waals surface area (Å²) in [6, 6.07) is 5.16. The molecule has 1 saturated heterocycles. The summed E-state index contributed by atoms with van der Waals surface area (Å²) in [5, 5.41) is 3.31. The van der Waals surface area contributed by atoms with Crippen LogP contribution in [-0.4, -0.2) is 22.4 Å². The monoisotopic (exact) mass is 300 g/mol. The van der Waals surface area contributed by atoms with E-state index in [2.05, 4.69) is 5.32 Å². The third-order valence-electron chi connectivity index (χ3n) is 2.81. The summed E-state index contributed by atoms with van der Waals surface area (Å²) >= 11 is 12.8. The van der Waals surface area contributed by atoms with Crippen molar-refractivity contribution in [3.63, 3.8) is 0 Å². The van der Waals surface area contributed by atoms with Crippen LogP contribution in [0.2, 0.25) is 5.02 Å². The predicted octanol–water partition coefficient (Wildman–Crippen LogP) is 2.67. The molecular formula is C12H13ClN2OS2. The number of carbonyl (C=O) groups excluding carboxylic acids is 1. The van der Waals surface area contributed by atoms with Crippen LogP contribution >= 0.6 is 35.6 Å². The molecule has 1 aliphatic rings. The Morgan fingerprint density at radius 1 is 1.56 bits per heavy atom. The molecule has 1 aromatic rings. The molecule has 1 aromatic carbocycles. The highest BCUT2D eigenvalue weighted by molar-refractivity contribution is 7.99. The topological polar surface area (TPSA) is 55.1 Å². The van der Waals surface area contributed by atoms with Crippen LogP contribution in [0.3, 0.4) is 0 Å². The summed E-state index contributed by atoms with van der Waals surface area (Å²) in [4.78, 5) is 12.2. The fourth-order valence-electron chi connectivity index (χ4n) is 1.75. The lowest BCUT2D eigenvalue weighted by Gasteiger charge is -2.11. The number of halogens is 1. The largest absolute Gasteiger partial charge is 0.389 e. The molecule has 1 unspecified atom stereocenters. The molecule has 0 saturated carbocycles. The van der Waals surface area contributed by atoms with Crippen LogP contribution in [0.15, 0.2) is 18.2 Å². The van der Waals surface area contributed by atoms with Crippen molar-refractivity contribution in [1.29, 1.82) is 0 Å². The molecule has 6 heteroatoms. The van der Waals surface area contributed by atoms with Gasteiger partial charge in [0.1, 0.15) is 4.99 Å². The van der Waals surface area contributed by atoms with Crippen molar-refractivity contribution in [2.45, 2.75) is 6.42 Å². The highest BCUT2D eigenvalue weighted by Crippen LogP contribution is 2.27. The van der Waals surface area contributed by atoms with E-state index in [1.165, 1.54) is 0 Å². The minimum Gasteiger partial charge on any atom is -0.389 e. The Kier molecular flexibility index (Phi) is 4.48. The molecule has 1 fully saturated rings. The van der Waals surface area contributed by atoms with Gasteiger partial charge in [0, 0.05) is 17.2 Å². The molecule has 18 heavy (non-hydrogen) atoms. The van der Waals surface area contributed by atoms with E-state index in [1.807, 2.05) is 0 Å². The van der Waals surface area contributed by atoms with Gasteiger partial charge in [0.2, 0.25) is 5.91 Å². The Labute approximate surface area is 120 Å². The molecule has 0 aromatic heterocycles. The van der Waals surface area contributed by atoms with Crippen molar-refractivity contribution in [3.8, 4) is 0 Å². The predicted molar refractivity (Wildman–Crippen MR) is 81.4 cm³/mol. The van der Waals surface area contributed by atoms with Crippen LogP contribution in [0.25, 0.3) is 0 Å². The number of nitrogens with one attached hydrogen (secondary N) is 1.